The minimum absolute atomic E-state index is 0.166. The van der Waals surface area contributed by atoms with Crippen LogP contribution in [0.3, 0.4) is 0 Å². The van der Waals surface area contributed by atoms with E-state index in [9.17, 15) is 9.90 Å². The molecule has 5 rings (SSSR count). The predicted molar refractivity (Wildman–Crippen MR) is 141 cm³/mol. The van der Waals surface area contributed by atoms with Gasteiger partial charge in [0, 0.05) is 29.5 Å². The summed E-state index contributed by atoms with van der Waals surface area (Å²) in [4.78, 5) is 18.1. The van der Waals surface area contributed by atoms with Crippen LogP contribution in [0.25, 0.3) is 5.69 Å². The Morgan fingerprint density at radius 3 is 2.31 bits per heavy atom. The molecule has 1 aliphatic rings. The van der Waals surface area contributed by atoms with Crippen LogP contribution in [-0.4, -0.2) is 25.7 Å². The Kier molecular flexibility index (Phi) is 6.09. The van der Waals surface area contributed by atoms with E-state index in [-0.39, 0.29) is 17.6 Å². The number of benzene rings is 2. The standard InChI is InChI=1S/C28H26N4O2S/c1-18(2)19-8-14-22(15-9-19)32-26(25(30-28(32)35)23-6-3-4-16-29-23)24-7-5-17-31(24)21-12-10-20(11-13-21)27(33)34/h3-18,25-26H,1-2H3,(H,30,35)(H,33,34)/t25-,26-/m1/s1. The van der Waals surface area contributed by atoms with Gasteiger partial charge in [-0.1, -0.05) is 32.0 Å². The molecule has 176 valence electrons. The van der Waals surface area contributed by atoms with Gasteiger partial charge < -0.3 is 19.9 Å². The molecule has 1 aliphatic heterocycles. The number of hydrogen-bond donors (Lipinski definition) is 2. The van der Waals surface area contributed by atoms with E-state index in [0.717, 1.165) is 22.8 Å². The second kappa shape index (κ2) is 9.35. The van der Waals surface area contributed by atoms with Gasteiger partial charge in [-0.15, -0.1) is 0 Å². The van der Waals surface area contributed by atoms with Gasteiger partial charge in [0.15, 0.2) is 5.11 Å². The number of rotatable bonds is 6. The second-order valence-corrected chi connectivity index (χ2v) is 9.28. The average Bonchev–Trinajstić information content (AvgIpc) is 3.49. The zero-order valence-electron chi connectivity index (χ0n) is 19.5. The minimum atomic E-state index is -0.944. The van der Waals surface area contributed by atoms with Gasteiger partial charge in [-0.2, -0.15) is 0 Å². The van der Waals surface area contributed by atoms with Crippen molar-refractivity contribution in [1.82, 2.24) is 14.9 Å². The topological polar surface area (TPSA) is 70.4 Å². The van der Waals surface area contributed by atoms with Crippen LogP contribution in [0, 0.1) is 0 Å². The third-order valence-electron chi connectivity index (χ3n) is 6.41. The molecule has 2 aromatic carbocycles. The van der Waals surface area contributed by atoms with Crippen molar-refractivity contribution in [3.05, 3.63) is 114 Å². The van der Waals surface area contributed by atoms with Crippen molar-refractivity contribution in [2.75, 3.05) is 4.90 Å². The van der Waals surface area contributed by atoms with E-state index in [0.29, 0.717) is 11.0 Å². The van der Waals surface area contributed by atoms with Crippen molar-refractivity contribution in [3.8, 4) is 5.69 Å². The quantitative estimate of drug-likeness (QED) is 0.335. The summed E-state index contributed by atoms with van der Waals surface area (Å²) in [5, 5.41) is 13.4. The number of carbonyl (C=O) groups is 1. The summed E-state index contributed by atoms with van der Waals surface area (Å²) >= 11 is 5.85. The number of nitrogens with zero attached hydrogens (tertiary/aromatic N) is 3. The van der Waals surface area contributed by atoms with Crippen molar-refractivity contribution >= 4 is 29.0 Å². The fourth-order valence-corrected chi connectivity index (χ4v) is 4.93. The van der Waals surface area contributed by atoms with Crippen LogP contribution in [0.4, 0.5) is 5.69 Å². The summed E-state index contributed by atoms with van der Waals surface area (Å²) in [5.74, 6) is -0.503. The molecular weight excluding hydrogens is 456 g/mol. The van der Waals surface area contributed by atoms with Gasteiger partial charge in [0.1, 0.15) is 6.04 Å². The molecule has 0 amide bonds. The fraction of sp³-hybridized carbons (Fsp3) is 0.179. The molecule has 4 aromatic rings. The highest BCUT2D eigenvalue weighted by molar-refractivity contribution is 7.80. The molecule has 0 aliphatic carbocycles. The average molecular weight is 483 g/mol. The molecule has 0 bridgehead atoms. The van der Waals surface area contributed by atoms with Gasteiger partial charge in [-0.25, -0.2) is 4.79 Å². The normalized spacial score (nSPS) is 17.6. The van der Waals surface area contributed by atoms with Gasteiger partial charge >= 0.3 is 5.97 Å². The molecule has 6 nitrogen and oxygen atoms in total. The molecule has 1 saturated heterocycles. The van der Waals surface area contributed by atoms with Crippen LogP contribution in [0.5, 0.6) is 0 Å². The molecule has 2 N–H and O–H groups in total. The molecule has 0 spiro atoms. The Hall–Kier alpha value is -3.97. The van der Waals surface area contributed by atoms with Crippen LogP contribution in [0.2, 0.25) is 0 Å². The Morgan fingerprint density at radius 2 is 1.69 bits per heavy atom. The Labute approximate surface area is 209 Å². The number of hydrogen-bond acceptors (Lipinski definition) is 3. The lowest BCUT2D eigenvalue weighted by molar-refractivity contribution is 0.0697. The van der Waals surface area contributed by atoms with Crippen molar-refractivity contribution < 1.29 is 9.90 Å². The number of pyridine rings is 1. The summed E-state index contributed by atoms with van der Waals surface area (Å²) in [5.41, 5.74) is 5.32. The molecule has 2 atom stereocenters. The number of nitrogens with one attached hydrogen (secondary N) is 1. The number of aromatic nitrogens is 2. The summed E-state index contributed by atoms with van der Waals surface area (Å²) in [6.07, 6.45) is 3.78. The van der Waals surface area contributed by atoms with E-state index < -0.39 is 5.97 Å². The Morgan fingerprint density at radius 1 is 0.971 bits per heavy atom. The van der Waals surface area contributed by atoms with Crippen LogP contribution in [0.1, 0.15) is 59.2 Å². The molecule has 2 aromatic heterocycles. The maximum atomic E-state index is 11.3. The third kappa shape index (κ3) is 4.31. The number of thiocarbonyl (C=S) groups is 1. The summed E-state index contributed by atoms with van der Waals surface area (Å²) < 4.78 is 2.08. The molecule has 0 unspecified atom stereocenters. The largest absolute Gasteiger partial charge is 0.478 e. The fourth-order valence-electron chi connectivity index (χ4n) is 4.59. The van der Waals surface area contributed by atoms with Gasteiger partial charge in [0.25, 0.3) is 0 Å². The monoisotopic (exact) mass is 482 g/mol. The van der Waals surface area contributed by atoms with Gasteiger partial charge in [-0.3, -0.25) is 4.98 Å². The highest BCUT2D eigenvalue weighted by Gasteiger charge is 2.42. The van der Waals surface area contributed by atoms with Gasteiger partial charge in [0.2, 0.25) is 0 Å². The molecule has 0 saturated carbocycles. The number of carboxylic acids is 1. The van der Waals surface area contributed by atoms with Crippen LogP contribution in [-0.2, 0) is 0 Å². The van der Waals surface area contributed by atoms with Crippen molar-refractivity contribution in [3.63, 3.8) is 0 Å². The first-order chi connectivity index (χ1) is 16.9. The van der Waals surface area contributed by atoms with E-state index >= 15 is 0 Å². The molecule has 1 fully saturated rings. The van der Waals surface area contributed by atoms with Crippen molar-refractivity contribution in [2.24, 2.45) is 0 Å². The third-order valence-corrected chi connectivity index (χ3v) is 6.73. The number of aromatic carboxylic acids is 1. The predicted octanol–water partition coefficient (Wildman–Crippen LogP) is 5.87. The zero-order chi connectivity index (χ0) is 24.5. The lowest BCUT2D eigenvalue weighted by Crippen LogP contribution is -2.30. The molecular formula is C28H26N4O2S. The molecule has 7 heteroatoms. The number of carboxylic acid groups (broad SMARTS) is 1. The van der Waals surface area contributed by atoms with Gasteiger partial charge in [-0.05, 0) is 84.4 Å². The summed E-state index contributed by atoms with van der Waals surface area (Å²) in [6, 6.07) is 25.1. The first-order valence-corrected chi connectivity index (χ1v) is 12.0. The smallest absolute Gasteiger partial charge is 0.335 e. The highest BCUT2D eigenvalue weighted by Crippen LogP contribution is 2.42. The van der Waals surface area contributed by atoms with Crippen LogP contribution in [0.15, 0.2) is 91.3 Å². The van der Waals surface area contributed by atoms with E-state index in [2.05, 4.69) is 63.9 Å². The van der Waals surface area contributed by atoms with E-state index in [1.54, 1.807) is 18.3 Å². The zero-order valence-corrected chi connectivity index (χ0v) is 20.3. The summed E-state index contributed by atoms with van der Waals surface area (Å²) in [6.45, 7) is 4.36. The van der Waals surface area contributed by atoms with Crippen LogP contribution >= 0.6 is 12.2 Å². The minimum Gasteiger partial charge on any atom is -0.478 e. The van der Waals surface area contributed by atoms with E-state index in [4.69, 9.17) is 12.2 Å². The molecule has 3 heterocycles. The maximum absolute atomic E-state index is 11.3. The Bertz CT molecular complexity index is 1350. The second-order valence-electron chi connectivity index (χ2n) is 8.90. The lowest BCUT2D eigenvalue weighted by Gasteiger charge is -2.29. The first kappa shape index (κ1) is 22.8. The Balaban J connectivity index is 1.62. The molecule has 35 heavy (non-hydrogen) atoms. The van der Waals surface area contributed by atoms with Crippen molar-refractivity contribution in [2.45, 2.75) is 31.8 Å². The van der Waals surface area contributed by atoms with E-state index in [1.807, 2.05) is 42.6 Å². The maximum Gasteiger partial charge on any atom is 0.335 e. The van der Waals surface area contributed by atoms with Gasteiger partial charge in [0.05, 0.1) is 17.3 Å². The van der Waals surface area contributed by atoms with E-state index in [1.165, 1.54) is 5.56 Å². The van der Waals surface area contributed by atoms with Crippen LogP contribution < -0.4 is 10.2 Å². The highest BCUT2D eigenvalue weighted by atomic mass is 32.1. The number of anilines is 1. The molecule has 0 radical (unpaired) electrons. The first-order valence-electron chi connectivity index (χ1n) is 11.6. The summed E-state index contributed by atoms with van der Waals surface area (Å²) in [7, 11) is 0. The van der Waals surface area contributed by atoms with Crippen molar-refractivity contribution in [1.29, 1.82) is 0 Å². The lowest BCUT2D eigenvalue weighted by atomic mass is 9.99. The SMILES string of the molecule is CC(C)c1ccc(N2C(=S)N[C@H](c3ccccn3)[C@H]2c2cccn2-c2ccc(C(=O)O)cc2)cc1.